The van der Waals surface area contributed by atoms with E-state index in [2.05, 4.69) is 22.3 Å². The Hall–Kier alpha value is -2.27. The van der Waals surface area contributed by atoms with Crippen LogP contribution in [0.15, 0.2) is 64.8 Å². The van der Waals surface area contributed by atoms with Gasteiger partial charge in [0.1, 0.15) is 11.4 Å². The number of benzene rings is 2. The molecule has 0 amide bonds. The first-order valence-corrected chi connectivity index (χ1v) is 8.73. The van der Waals surface area contributed by atoms with E-state index in [0.717, 1.165) is 17.1 Å². The summed E-state index contributed by atoms with van der Waals surface area (Å²) in [7, 11) is 0. The summed E-state index contributed by atoms with van der Waals surface area (Å²) >= 11 is 1.46. The van der Waals surface area contributed by atoms with Gasteiger partial charge in [0.15, 0.2) is 5.17 Å². The van der Waals surface area contributed by atoms with Gasteiger partial charge in [-0.2, -0.15) is 5.10 Å². The van der Waals surface area contributed by atoms with Crippen molar-refractivity contribution >= 4 is 23.1 Å². The van der Waals surface area contributed by atoms with E-state index in [4.69, 9.17) is 10.5 Å². The summed E-state index contributed by atoms with van der Waals surface area (Å²) in [5.41, 5.74) is 7.77. The molecule has 0 radical (unpaired) electrons. The Bertz CT molecular complexity index is 706. The zero-order chi connectivity index (χ0) is 17.4. The van der Waals surface area contributed by atoms with Gasteiger partial charge in [-0.15, -0.1) is 5.10 Å². The summed E-state index contributed by atoms with van der Waals surface area (Å²) < 4.78 is 5.83. The van der Waals surface area contributed by atoms with Gasteiger partial charge in [0.05, 0.1) is 6.21 Å². The minimum Gasteiger partial charge on any atom is -0.488 e. The first-order valence-electron chi connectivity index (χ1n) is 7.75. The third-order valence-electron chi connectivity index (χ3n) is 2.87. The molecule has 0 unspecified atom stereocenters. The van der Waals surface area contributed by atoms with Crippen LogP contribution >= 0.6 is 11.8 Å². The highest BCUT2D eigenvalue weighted by molar-refractivity contribution is 8.13. The van der Waals surface area contributed by atoms with Crippen LogP contribution in [0.5, 0.6) is 5.75 Å². The highest BCUT2D eigenvalue weighted by Gasteiger charge is 2.11. The van der Waals surface area contributed by atoms with E-state index in [9.17, 15) is 0 Å². The molecule has 0 heterocycles. The van der Waals surface area contributed by atoms with Crippen molar-refractivity contribution in [2.24, 2.45) is 15.9 Å². The number of hydrogen-bond acceptors (Lipinski definition) is 4. The summed E-state index contributed by atoms with van der Waals surface area (Å²) in [6, 6.07) is 17.9. The average molecular weight is 341 g/mol. The lowest BCUT2D eigenvalue weighted by atomic mass is 10.2. The van der Waals surface area contributed by atoms with Crippen LogP contribution in [-0.2, 0) is 5.75 Å². The van der Waals surface area contributed by atoms with E-state index in [1.54, 1.807) is 6.21 Å². The molecule has 2 N–H and O–H groups in total. The molecule has 0 spiro atoms. The molecule has 0 aliphatic heterocycles. The van der Waals surface area contributed by atoms with Crippen molar-refractivity contribution < 1.29 is 4.74 Å². The molecule has 5 heteroatoms. The normalized spacial score (nSPS) is 12.5. The zero-order valence-electron chi connectivity index (χ0n) is 14.3. The highest BCUT2D eigenvalue weighted by Crippen LogP contribution is 2.18. The number of thioether (sulfide) groups is 1. The predicted octanol–water partition coefficient (Wildman–Crippen LogP) is 4.45. The molecule has 4 nitrogen and oxygen atoms in total. The molecule has 0 aromatic heterocycles. The zero-order valence-corrected chi connectivity index (χ0v) is 15.1. The van der Waals surface area contributed by atoms with Gasteiger partial charge in [-0.05, 0) is 44.0 Å². The van der Waals surface area contributed by atoms with Crippen molar-refractivity contribution in [3.8, 4) is 5.75 Å². The fraction of sp³-hybridized carbons (Fsp3) is 0.263. The Labute approximate surface area is 147 Å². The molecule has 0 aliphatic rings. The Balaban J connectivity index is 1.91. The molecule has 0 saturated carbocycles. The minimum atomic E-state index is -0.230. The van der Waals surface area contributed by atoms with Crippen LogP contribution < -0.4 is 10.5 Å². The molecular formula is C19H23N3OS. The maximum Gasteiger partial charge on any atom is 0.180 e. The number of nitrogens with two attached hydrogens (primary N) is 1. The molecule has 0 aliphatic carbocycles. The number of amidine groups is 1. The van der Waals surface area contributed by atoms with Crippen LogP contribution in [0.3, 0.4) is 0 Å². The van der Waals surface area contributed by atoms with Crippen LogP contribution in [0, 0.1) is 0 Å². The molecule has 0 fully saturated rings. The maximum atomic E-state index is 5.87. The van der Waals surface area contributed by atoms with Crippen molar-refractivity contribution in [2.45, 2.75) is 32.1 Å². The number of hydrogen-bond donors (Lipinski definition) is 1. The van der Waals surface area contributed by atoms with Crippen molar-refractivity contribution in [1.82, 2.24) is 0 Å². The second-order valence-electron chi connectivity index (χ2n) is 6.24. The molecule has 126 valence electrons. The molecule has 2 aromatic carbocycles. The third-order valence-corrected chi connectivity index (χ3v) is 3.73. The first kappa shape index (κ1) is 18.1. The van der Waals surface area contributed by atoms with Crippen LogP contribution in [0.4, 0.5) is 0 Å². The Morgan fingerprint density at radius 1 is 1.12 bits per heavy atom. The van der Waals surface area contributed by atoms with Crippen LogP contribution in [0.1, 0.15) is 31.9 Å². The standard InChI is InChI=1S/C19H23N3OS/c1-19(2,3)23-17-11-7-10-16(12-17)13-21-22-18(20)24-14-15-8-5-4-6-9-15/h4-13H,14H2,1-3H3,(H2,20,22). The van der Waals surface area contributed by atoms with Crippen LogP contribution in [0.25, 0.3) is 0 Å². The Kier molecular flexibility index (Phi) is 6.44. The van der Waals surface area contributed by atoms with E-state index in [1.807, 2.05) is 63.2 Å². The molecule has 2 rings (SSSR count). The van der Waals surface area contributed by atoms with Crippen molar-refractivity contribution in [3.05, 3.63) is 65.7 Å². The summed E-state index contributed by atoms with van der Waals surface area (Å²) in [5, 5.41) is 8.52. The fourth-order valence-corrected chi connectivity index (χ4v) is 2.54. The lowest BCUT2D eigenvalue weighted by Gasteiger charge is -2.21. The Morgan fingerprint density at radius 3 is 2.58 bits per heavy atom. The van der Waals surface area contributed by atoms with Crippen LogP contribution in [0.2, 0.25) is 0 Å². The van der Waals surface area contributed by atoms with Gasteiger partial charge < -0.3 is 10.5 Å². The lowest BCUT2D eigenvalue weighted by molar-refractivity contribution is 0.131. The molecule has 24 heavy (non-hydrogen) atoms. The van der Waals surface area contributed by atoms with Crippen molar-refractivity contribution in [2.75, 3.05) is 0 Å². The van der Waals surface area contributed by atoms with E-state index >= 15 is 0 Å². The quantitative estimate of drug-likeness (QED) is 0.497. The van der Waals surface area contributed by atoms with E-state index in [-0.39, 0.29) is 5.60 Å². The van der Waals surface area contributed by atoms with Gasteiger partial charge in [-0.3, -0.25) is 0 Å². The van der Waals surface area contributed by atoms with E-state index < -0.39 is 0 Å². The molecule has 2 aromatic rings. The molecule has 0 bridgehead atoms. The SMILES string of the molecule is CC(C)(C)Oc1cccc(C=NN=C(N)SCc2ccccc2)c1. The first-order chi connectivity index (χ1) is 11.4. The monoisotopic (exact) mass is 341 g/mol. The largest absolute Gasteiger partial charge is 0.488 e. The summed E-state index contributed by atoms with van der Waals surface area (Å²) in [6.45, 7) is 6.05. The predicted molar refractivity (Wildman–Crippen MR) is 104 cm³/mol. The highest BCUT2D eigenvalue weighted by atomic mass is 32.2. The van der Waals surface area contributed by atoms with Crippen molar-refractivity contribution in [1.29, 1.82) is 0 Å². The maximum absolute atomic E-state index is 5.87. The average Bonchev–Trinajstić information content (AvgIpc) is 2.53. The van der Waals surface area contributed by atoms with E-state index in [1.165, 1.54) is 17.3 Å². The topological polar surface area (TPSA) is 60.0 Å². The number of nitrogens with zero attached hydrogens (tertiary/aromatic N) is 2. The van der Waals surface area contributed by atoms with Gasteiger partial charge in [0.25, 0.3) is 0 Å². The lowest BCUT2D eigenvalue weighted by Crippen LogP contribution is -2.22. The second kappa shape index (κ2) is 8.55. The van der Waals surface area contributed by atoms with Gasteiger partial charge in [-0.1, -0.05) is 54.2 Å². The van der Waals surface area contributed by atoms with Gasteiger partial charge in [0, 0.05) is 5.75 Å². The Morgan fingerprint density at radius 2 is 1.88 bits per heavy atom. The molecular weight excluding hydrogens is 318 g/mol. The summed E-state index contributed by atoms with van der Waals surface area (Å²) in [4.78, 5) is 0. The van der Waals surface area contributed by atoms with Gasteiger partial charge in [0.2, 0.25) is 0 Å². The smallest absolute Gasteiger partial charge is 0.180 e. The third kappa shape index (κ3) is 6.87. The van der Waals surface area contributed by atoms with Crippen LogP contribution in [-0.4, -0.2) is 17.0 Å². The van der Waals surface area contributed by atoms with Crippen molar-refractivity contribution in [3.63, 3.8) is 0 Å². The van der Waals surface area contributed by atoms with Gasteiger partial charge in [-0.25, -0.2) is 0 Å². The summed E-state index contributed by atoms with van der Waals surface area (Å²) in [5.74, 6) is 1.59. The minimum absolute atomic E-state index is 0.230. The number of ether oxygens (including phenoxy) is 1. The molecule has 0 saturated heterocycles. The van der Waals surface area contributed by atoms with E-state index in [0.29, 0.717) is 5.17 Å². The fourth-order valence-electron chi connectivity index (χ4n) is 1.92. The number of rotatable bonds is 5. The second-order valence-corrected chi connectivity index (χ2v) is 7.24. The van der Waals surface area contributed by atoms with Gasteiger partial charge >= 0.3 is 0 Å². The summed E-state index contributed by atoms with van der Waals surface area (Å²) in [6.07, 6.45) is 1.67. The molecule has 0 atom stereocenters.